The number of aromatic hydroxyl groups is 1. The van der Waals surface area contributed by atoms with Crippen LogP contribution in [0.5, 0.6) is 5.75 Å². The molecule has 0 aromatic heterocycles. The fourth-order valence-electron chi connectivity index (χ4n) is 2.70. The Morgan fingerprint density at radius 1 is 1.00 bits per heavy atom. The van der Waals surface area contributed by atoms with Gasteiger partial charge in [-0.2, -0.15) is 0 Å². The molecule has 0 amide bonds. The van der Waals surface area contributed by atoms with Crippen LogP contribution in [0.3, 0.4) is 0 Å². The van der Waals surface area contributed by atoms with Crippen molar-refractivity contribution in [3.05, 3.63) is 35.4 Å². The second-order valence-electron chi connectivity index (χ2n) is 5.92. The number of aryl methyl sites for hydroxylation is 1. The van der Waals surface area contributed by atoms with Crippen molar-refractivity contribution in [3.63, 3.8) is 0 Å². The van der Waals surface area contributed by atoms with Crippen molar-refractivity contribution in [1.82, 2.24) is 0 Å². The zero-order valence-electron chi connectivity index (χ0n) is 14.1. The Balaban J connectivity index is 2.98. The molecule has 0 heterocycles. The molecule has 118 valence electrons. The highest BCUT2D eigenvalue weighted by Gasteiger charge is 2.08. The molecule has 0 spiro atoms. The molecule has 1 N–H and O–H groups in total. The Morgan fingerprint density at radius 2 is 1.76 bits per heavy atom. The summed E-state index contributed by atoms with van der Waals surface area (Å²) in [7, 11) is 0. The number of allylic oxidation sites excluding steroid dienone is 2. The molecule has 0 unspecified atom stereocenters. The Bertz CT molecular complexity index is 431. The third kappa shape index (κ3) is 6.37. The van der Waals surface area contributed by atoms with E-state index < -0.39 is 0 Å². The highest BCUT2D eigenvalue weighted by Crippen LogP contribution is 2.29. The summed E-state index contributed by atoms with van der Waals surface area (Å²) in [6.07, 6.45) is 13.2. The molecule has 0 aliphatic rings. The number of phenolic OH excluding ortho intramolecular Hbond substituents is 1. The van der Waals surface area contributed by atoms with Gasteiger partial charge in [0.25, 0.3) is 0 Å². The summed E-state index contributed by atoms with van der Waals surface area (Å²) >= 11 is 0. The average Bonchev–Trinajstić information content (AvgIpc) is 2.49. The lowest BCUT2D eigenvalue weighted by Crippen LogP contribution is -1.95. The van der Waals surface area contributed by atoms with Gasteiger partial charge in [0.1, 0.15) is 5.75 Å². The maximum atomic E-state index is 9.81. The zero-order valence-corrected chi connectivity index (χ0v) is 14.1. The van der Waals surface area contributed by atoms with Gasteiger partial charge in [0.15, 0.2) is 0 Å². The summed E-state index contributed by atoms with van der Waals surface area (Å²) in [4.78, 5) is 0. The standard InChI is InChI=1S/C20H32O/c1-4-7-10-13-18-16-19(21)14-15-20(18)17(11-8-5-2)12-9-6-3/h11,14-16,21H,4-10,12-13H2,1-3H3/b17-11-. The molecule has 1 nitrogen and oxygen atoms in total. The molecule has 1 aromatic rings. The van der Waals surface area contributed by atoms with E-state index in [-0.39, 0.29) is 0 Å². The second-order valence-corrected chi connectivity index (χ2v) is 5.92. The van der Waals surface area contributed by atoms with Crippen molar-refractivity contribution < 1.29 is 5.11 Å². The lowest BCUT2D eigenvalue weighted by Gasteiger charge is -2.14. The number of phenols is 1. The molecule has 0 bridgehead atoms. The van der Waals surface area contributed by atoms with Crippen LogP contribution < -0.4 is 0 Å². The third-order valence-corrected chi connectivity index (χ3v) is 3.96. The SMILES string of the molecule is CCC/C=C(/CCCC)c1ccc(O)cc1CCCCC. The van der Waals surface area contributed by atoms with Gasteiger partial charge in [-0.15, -0.1) is 0 Å². The van der Waals surface area contributed by atoms with E-state index in [2.05, 4.69) is 32.9 Å². The Kier molecular flexibility index (Phi) is 8.89. The minimum Gasteiger partial charge on any atom is -0.508 e. The monoisotopic (exact) mass is 288 g/mol. The van der Waals surface area contributed by atoms with Crippen LogP contribution in [0.1, 0.15) is 83.3 Å². The number of benzene rings is 1. The first kappa shape index (κ1) is 17.8. The van der Waals surface area contributed by atoms with Gasteiger partial charge in [-0.1, -0.05) is 58.6 Å². The lowest BCUT2D eigenvalue weighted by atomic mass is 9.92. The number of unbranched alkanes of at least 4 members (excludes halogenated alkanes) is 4. The molecule has 1 aromatic carbocycles. The Labute approximate surface area is 131 Å². The molecule has 0 radical (unpaired) electrons. The van der Waals surface area contributed by atoms with E-state index in [9.17, 15) is 5.11 Å². The van der Waals surface area contributed by atoms with Crippen molar-refractivity contribution in [3.8, 4) is 5.75 Å². The predicted octanol–water partition coefficient (Wildman–Crippen LogP) is 6.50. The van der Waals surface area contributed by atoms with Crippen molar-refractivity contribution in [2.75, 3.05) is 0 Å². The van der Waals surface area contributed by atoms with Crippen LogP contribution >= 0.6 is 0 Å². The van der Waals surface area contributed by atoms with Crippen LogP contribution in [0.4, 0.5) is 0 Å². The summed E-state index contributed by atoms with van der Waals surface area (Å²) in [5.74, 6) is 0.399. The maximum Gasteiger partial charge on any atom is 0.115 e. The fraction of sp³-hybridized carbons (Fsp3) is 0.600. The van der Waals surface area contributed by atoms with E-state index in [1.54, 1.807) is 0 Å². The van der Waals surface area contributed by atoms with E-state index in [0.29, 0.717) is 5.75 Å². The first-order valence-electron chi connectivity index (χ1n) is 8.74. The predicted molar refractivity (Wildman–Crippen MR) is 93.7 cm³/mol. The lowest BCUT2D eigenvalue weighted by molar-refractivity contribution is 0.474. The van der Waals surface area contributed by atoms with E-state index in [0.717, 1.165) is 19.3 Å². The van der Waals surface area contributed by atoms with Gasteiger partial charge in [-0.3, -0.25) is 0 Å². The molecule has 0 aliphatic heterocycles. The molecular formula is C20H32O. The number of rotatable bonds is 10. The minimum atomic E-state index is 0.399. The van der Waals surface area contributed by atoms with Crippen LogP contribution in [0.25, 0.3) is 5.57 Å². The van der Waals surface area contributed by atoms with Crippen molar-refractivity contribution in [2.24, 2.45) is 0 Å². The molecular weight excluding hydrogens is 256 g/mol. The van der Waals surface area contributed by atoms with Gasteiger partial charge in [0.2, 0.25) is 0 Å². The summed E-state index contributed by atoms with van der Waals surface area (Å²) in [5.41, 5.74) is 4.16. The minimum absolute atomic E-state index is 0.399. The van der Waals surface area contributed by atoms with Crippen LogP contribution in [0.2, 0.25) is 0 Å². The summed E-state index contributed by atoms with van der Waals surface area (Å²) in [6.45, 7) is 6.71. The third-order valence-electron chi connectivity index (χ3n) is 3.96. The normalized spacial score (nSPS) is 11.9. The molecule has 0 fully saturated rings. The molecule has 0 saturated carbocycles. The van der Waals surface area contributed by atoms with Crippen LogP contribution in [0.15, 0.2) is 24.3 Å². The van der Waals surface area contributed by atoms with Gasteiger partial charge in [0, 0.05) is 0 Å². The van der Waals surface area contributed by atoms with Crippen LogP contribution in [0, 0.1) is 0 Å². The average molecular weight is 288 g/mol. The van der Waals surface area contributed by atoms with Gasteiger partial charge in [-0.25, -0.2) is 0 Å². The van der Waals surface area contributed by atoms with Crippen LogP contribution in [-0.2, 0) is 6.42 Å². The van der Waals surface area contributed by atoms with E-state index >= 15 is 0 Å². The van der Waals surface area contributed by atoms with Crippen molar-refractivity contribution in [2.45, 2.75) is 78.6 Å². The molecule has 0 atom stereocenters. The van der Waals surface area contributed by atoms with Gasteiger partial charge in [-0.05, 0) is 60.9 Å². The smallest absolute Gasteiger partial charge is 0.115 e. The summed E-state index contributed by atoms with van der Waals surface area (Å²) in [6, 6.07) is 5.93. The zero-order chi connectivity index (χ0) is 15.5. The topological polar surface area (TPSA) is 20.2 Å². The molecule has 21 heavy (non-hydrogen) atoms. The van der Waals surface area contributed by atoms with Crippen molar-refractivity contribution >= 4 is 5.57 Å². The van der Waals surface area contributed by atoms with Gasteiger partial charge < -0.3 is 5.11 Å². The quantitative estimate of drug-likeness (QED) is 0.487. The fourth-order valence-corrected chi connectivity index (χ4v) is 2.70. The number of hydrogen-bond acceptors (Lipinski definition) is 1. The second kappa shape index (κ2) is 10.5. The Morgan fingerprint density at radius 3 is 2.43 bits per heavy atom. The summed E-state index contributed by atoms with van der Waals surface area (Å²) < 4.78 is 0. The van der Waals surface area contributed by atoms with Crippen molar-refractivity contribution in [1.29, 1.82) is 0 Å². The summed E-state index contributed by atoms with van der Waals surface area (Å²) in [5, 5.41) is 9.81. The van der Waals surface area contributed by atoms with Gasteiger partial charge in [0.05, 0.1) is 0 Å². The Hall–Kier alpha value is -1.24. The van der Waals surface area contributed by atoms with E-state index in [1.165, 1.54) is 55.2 Å². The first-order valence-corrected chi connectivity index (χ1v) is 8.74. The largest absolute Gasteiger partial charge is 0.508 e. The van der Waals surface area contributed by atoms with E-state index in [1.807, 2.05) is 12.1 Å². The highest BCUT2D eigenvalue weighted by atomic mass is 16.3. The maximum absolute atomic E-state index is 9.81. The van der Waals surface area contributed by atoms with Crippen LogP contribution in [-0.4, -0.2) is 5.11 Å². The molecule has 1 rings (SSSR count). The van der Waals surface area contributed by atoms with Gasteiger partial charge >= 0.3 is 0 Å². The van der Waals surface area contributed by atoms with E-state index in [4.69, 9.17) is 0 Å². The molecule has 0 aliphatic carbocycles. The highest BCUT2D eigenvalue weighted by molar-refractivity contribution is 5.69. The molecule has 1 heteroatoms. The molecule has 0 saturated heterocycles. The number of hydrogen-bond donors (Lipinski definition) is 1. The first-order chi connectivity index (χ1) is 10.2.